The van der Waals surface area contributed by atoms with E-state index in [1.807, 2.05) is 62.4 Å². The number of carbonyl (C=O) groups is 2. The standard InChI is InChI=1S/C14H20N2O.C13H18N2O/c1-11-7-5-6-10-13(11)15-16-14(17)12-8-3-2-4-9-12;1-10-6-2-5-9-12(10)14-15-13(16)11-7-3-4-8-11/h5-7,10,12,15H,2-4,8-9H2,1H3,(H,16,17);2,5-6,9,11,14H,3-4,7-8H2,1H3,(H,15,16). The minimum Gasteiger partial charge on any atom is -0.298 e. The fraction of sp³-hybridized carbons (Fsp3) is 0.481. The Bertz CT molecular complexity index is 902. The lowest BCUT2D eigenvalue weighted by atomic mass is 9.89. The van der Waals surface area contributed by atoms with Gasteiger partial charge >= 0.3 is 0 Å². The second-order valence-electron chi connectivity index (χ2n) is 9.17. The highest BCUT2D eigenvalue weighted by molar-refractivity contribution is 5.80. The summed E-state index contributed by atoms with van der Waals surface area (Å²) >= 11 is 0. The first kappa shape index (κ1) is 24.6. The molecule has 0 radical (unpaired) electrons. The zero-order valence-corrected chi connectivity index (χ0v) is 20.0. The van der Waals surface area contributed by atoms with Crippen molar-refractivity contribution in [3.63, 3.8) is 0 Å². The topological polar surface area (TPSA) is 82.3 Å². The van der Waals surface area contributed by atoms with E-state index in [2.05, 4.69) is 21.7 Å². The number of anilines is 2. The van der Waals surface area contributed by atoms with Gasteiger partial charge in [0.1, 0.15) is 0 Å². The van der Waals surface area contributed by atoms with Gasteiger partial charge in [-0.2, -0.15) is 0 Å². The number of hydrogen-bond donors (Lipinski definition) is 4. The van der Waals surface area contributed by atoms with E-state index >= 15 is 0 Å². The molecule has 0 unspecified atom stereocenters. The van der Waals surface area contributed by atoms with Crippen LogP contribution >= 0.6 is 0 Å². The van der Waals surface area contributed by atoms with Gasteiger partial charge in [-0.3, -0.25) is 31.3 Å². The molecule has 0 aromatic heterocycles. The normalized spacial score (nSPS) is 16.3. The maximum atomic E-state index is 11.9. The van der Waals surface area contributed by atoms with Crippen LogP contribution in [0.15, 0.2) is 48.5 Å². The van der Waals surface area contributed by atoms with Crippen LogP contribution < -0.4 is 21.7 Å². The van der Waals surface area contributed by atoms with Crippen molar-refractivity contribution in [1.29, 1.82) is 0 Å². The summed E-state index contributed by atoms with van der Waals surface area (Å²) in [6.07, 6.45) is 10.1. The van der Waals surface area contributed by atoms with Crippen LogP contribution in [0.25, 0.3) is 0 Å². The first-order chi connectivity index (χ1) is 16.0. The number of carbonyl (C=O) groups excluding carboxylic acids is 2. The third-order valence-electron chi connectivity index (χ3n) is 6.63. The highest BCUT2D eigenvalue weighted by Gasteiger charge is 2.22. The van der Waals surface area contributed by atoms with Crippen molar-refractivity contribution in [3.05, 3.63) is 59.7 Å². The Kier molecular flexibility index (Phi) is 9.60. The van der Waals surface area contributed by atoms with E-state index < -0.39 is 0 Å². The van der Waals surface area contributed by atoms with Crippen LogP contribution in [0, 0.1) is 25.7 Å². The summed E-state index contributed by atoms with van der Waals surface area (Å²) in [6, 6.07) is 15.9. The highest BCUT2D eigenvalue weighted by Crippen LogP contribution is 2.25. The zero-order valence-electron chi connectivity index (χ0n) is 20.0. The number of rotatable bonds is 6. The average Bonchev–Trinajstić information content (AvgIpc) is 3.39. The molecule has 2 amide bonds. The van der Waals surface area contributed by atoms with E-state index in [-0.39, 0.29) is 23.7 Å². The predicted molar refractivity (Wildman–Crippen MR) is 134 cm³/mol. The molecule has 2 aromatic rings. The van der Waals surface area contributed by atoms with E-state index in [0.717, 1.165) is 48.2 Å². The van der Waals surface area contributed by atoms with Crippen molar-refractivity contribution in [1.82, 2.24) is 10.9 Å². The summed E-state index contributed by atoms with van der Waals surface area (Å²) in [4.78, 5) is 23.7. The SMILES string of the molecule is Cc1ccccc1NNC(=O)C1CCCC1.Cc1ccccc1NNC(=O)C1CCCCC1. The van der Waals surface area contributed by atoms with Crippen molar-refractivity contribution in [2.75, 3.05) is 10.9 Å². The predicted octanol–water partition coefficient (Wildman–Crippen LogP) is 5.65. The molecule has 33 heavy (non-hydrogen) atoms. The van der Waals surface area contributed by atoms with Crippen LogP contribution in [0.5, 0.6) is 0 Å². The molecule has 0 atom stereocenters. The summed E-state index contributed by atoms with van der Waals surface area (Å²) in [5.41, 5.74) is 15.8. The number of para-hydroxylation sites is 2. The Labute approximate surface area is 197 Å². The molecule has 2 saturated carbocycles. The van der Waals surface area contributed by atoms with Gasteiger partial charge < -0.3 is 0 Å². The van der Waals surface area contributed by atoms with Crippen LogP contribution in [-0.4, -0.2) is 11.8 Å². The summed E-state index contributed by atoms with van der Waals surface area (Å²) in [6.45, 7) is 4.04. The Morgan fingerprint density at radius 2 is 0.970 bits per heavy atom. The molecule has 2 fully saturated rings. The molecule has 6 heteroatoms. The Hall–Kier alpha value is -3.02. The summed E-state index contributed by atoms with van der Waals surface area (Å²) < 4.78 is 0. The van der Waals surface area contributed by atoms with Crippen molar-refractivity contribution in [3.8, 4) is 0 Å². The quantitative estimate of drug-likeness (QED) is 0.429. The summed E-state index contributed by atoms with van der Waals surface area (Å²) in [5.74, 6) is 0.658. The number of hydrazine groups is 2. The van der Waals surface area contributed by atoms with Crippen LogP contribution in [0.2, 0.25) is 0 Å². The second kappa shape index (κ2) is 12.9. The van der Waals surface area contributed by atoms with Crippen molar-refractivity contribution in [2.45, 2.75) is 71.6 Å². The molecule has 0 bridgehead atoms. The largest absolute Gasteiger partial charge is 0.298 e. The fourth-order valence-electron chi connectivity index (χ4n) is 4.44. The van der Waals surface area contributed by atoms with Crippen LogP contribution in [0.1, 0.15) is 68.9 Å². The lowest BCUT2D eigenvalue weighted by Gasteiger charge is -2.21. The van der Waals surface area contributed by atoms with Gasteiger partial charge in [0.05, 0.1) is 11.4 Å². The molecule has 0 spiro atoms. The third kappa shape index (κ3) is 7.81. The molecule has 0 aliphatic heterocycles. The van der Waals surface area contributed by atoms with Crippen molar-refractivity contribution in [2.24, 2.45) is 11.8 Å². The molecule has 2 aromatic carbocycles. The minimum atomic E-state index is 0.126. The van der Waals surface area contributed by atoms with E-state index in [1.54, 1.807) is 0 Å². The lowest BCUT2D eigenvalue weighted by Crippen LogP contribution is -2.36. The summed E-state index contributed by atoms with van der Waals surface area (Å²) in [5, 5.41) is 0. The van der Waals surface area contributed by atoms with E-state index in [4.69, 9.17) is 0 Å². The summed E-state index contributed by atoms with van der Waals surface area (Å²) in [7, 11) is 0. The van der Waals surface area contributed by atoms with Crippen LogP contribution in [-0.2, 0) is 9.59 Å². The molecule has 4 N–H and O–H groups in total. The van der Waals surface area contributed by atoms with Crippen LogP contribution in [0.3, 0.4) is 0 Å². The molecule has 2 aliphatic rings. The smallest absolute Gasteiger partial charge is 0.241 e. The van der Waals surface area contributed by atoms with Gasteiger partial charge in [0, 0.05) is 11.8 Å². The molecule has 4 rings (SSSR count). The van der Waals surface area contributed by atoms with Gasteiger partial charge in [0.25, 0.3) is 0 Å². The first-order valence-corrected chi connectivity index (χ1v) is 12.3. The molecule has 6 nitrogen and oxygen atoms in total. The number of nitrogens with one attached hydrogen (secondary N) is 4. The van der Waals surface area contributed by atoms with Gasteiger partial charge in [-0.05, 0) is 62.8 Å². The van der Waals surface area contributed by atoms with Crippen LogP contribution in [0.4, 0.5) is 11.4 Å². The zero-order chi connectivity index (χ0) is 23.5. The Morgan fingerprint density at radius 1 is 0.606 bits per heavy atom. The van der Waals surface area contributed by atoms with E-state index in [1.165, 1.54) is 32.1 Å². The Morgan fingerprint density at radius 3 is 1.36 bits per heavy atom. The lowest BCUT2D eigenvalue weighted by molar-refractivity contribution is -0.125. The van der Waals surface area contributed by atoms with E-state index in [9.17, 15) is 9.59 Å². The average molecular weight is 451 g/mol. The van der Waals surface area contributed by atoms with Gasteiger partial charge in [0.2, 0.25) is 11.8 Å². The fourth-order valence-corrected chi connectivity index (χ4v) is 4.44. The number of aryl methyl sites for hydroxylation is 2. The van der Waals surface area contributed by atoms with Gasteiger partial charge in [0.15, 0.2) is 0 Å². The number of benzene rings is 2. The van der Waals surface area contributed by atoms with Gasteiger partial charge in [-0.15, -0.1) is 0 Å². The molecular formula is C27H38N4O2. The van der Waals surface area contributed by atoms with Crippen molar-refractivity contribution >= 4 is 23.2 Å². The van der Waals surface area contributed by atoms with Gasteiger partial charge in [-0.25, -0.2) is 0 Å². The minimum absolute atomic E-state index is 0.126. The molecule has 0 heterocycles. The number of amides is 2. The third-order valence-corrected chi connectivity index (χ3v) is 6.63. The number of hydrogen-bond acceptors (Lipinski definition) is 4. The molecular weight excluding hydrogens is 412 g/mol. The maximum Gasteiger partial charge on any atom is 0.241 e. The van der Waals surface area contributed by atoms with E-state index in [0.29, 0.717) is 0 Å². The Balaban J connectivity index is 0.000000186. The van der Waals surface area contributed by atoms with Gasteiger partial charge in [-0.1, -0.05) is 68.5 Å². The molecule has 0 saturated heterocycles. The highest BCUT2D eigenvalue weighted by atomic mass is 16.2. The monoisotopic (exact) mass is 450 g/mol. The van der Waals surface area contributed by atoms with Crippen molar-refractivity contribution < 1.29 is 9.59 Å². The maximum absolute atomic E-state index is 11.9. The first-order valence-electron chi connectivity index (χ1n) is 12.3. The molecule has 2 aliphatic carbocycles. The second-order valence-corrected chi connectivity index (χ2v) is 9.17. The molecule has 178 valence electrons.